The lowest BCUT2D eigenvalue weighted by molar-refractivity contribution is 0.324. The van der Waals surface area contributed by atoms with Crippen LogP contribution in [0, 0.1) is 6.92 Å². The van der Waals surface area contributed by atoms with Gasteiger partial charge in [-0.2, -0.15) is 0 Å². The van der Waals surface area contributed by atoms with Crippen LogP contribution < -0.4 is 0 Å². The van der Waals surface area contributed by atoms with Crippen LogP contribution in [0.5, 0.6) is 0 Å². The summed E-state index contributed by atoms with van der Waals surface area (Å²) in [6.07, 6.45) is 0. The monoisotopic (exact) mass is 283 g/mol. The molecule has 1 aromatic heterocycles. The molecule has 0 bridgehead atoms. The fraction of sp³-hybridized carbons (Fsp3) is 0.333. The molecular weight excluding hydrogens is 262 g/mol. The van der Waals surface area contributed by atoms with Gasteiger partial charge in [0.2, 0.25) is 0 Å². The smallest absolute Gasteiger partial charge is 0.0409 e. The van der Waals surface area contributed by atoms with E-state index in [9.17, 15) is 0 Å². The summed E-state index contributed by atoms with van der Waals surface area (Å²) in [6, 6.07) is 14.7. The molecule has 3 heteroatoms. The Balaban J connectivity index is 0.000000352. The Kier molecular flexibility index (Phi) is 8.73. The topological polar surface area (TPSA) is 3.24 Å². The fourth-order valence-electron chi connectivity index (χ4n) is 1.43. The van der Waals surface area contributed by atoms with Crippen molar-refractivity contribution in [2.24, 2.45) is 0 Å². The molecule has 2 aromatic rings. The Morgan fingerprint density at radius 3 is 1.72 bits per heavy atom. The second-order valence-corrected chi connectivity index (χ2v) is 5.21. The predicted octanol–water partition coefficient (Wildman–Crippen LogP) is 4.79. The van der Waals surface area contributed by atoms with Gasteiger partial charge in [0.15, 0.2) is 0 Å². The fourth-order valence-corrected chi connectivity index (χ4v) is 2.51. The first-order chi connectivity index (χ1) is 8.13. The largest absolute Gasteiger partial charge is 0.302 e. The predicted molar refractivity (Wildman–Crippen MR) is 84.8 cm³/mol. The second kappa shape index (κ2) is 9.15. The Labute approximate surface area is 121 Å². The minimum Gasteiger partial charge on any atom is -0.302 e. The lowest BCUT2D eigenvalue weighted by Crippen LogP contribution is -2.16. The first-order valence-electron chi connectivity index (χ1n) is 5.83. The molecular formula is C15H22ClNS. The van der Waals surface area contributed by atoms with Gasteiger partial charge in [0, 0.05) is 10.9 Å². The van der Waals surface area contributed by atoms with Gasteiger partial charge >= 0.3 is 0 Å². The number of aryl methyl sites for hydroxylation is 1. The van der Waals surface area contributed by atoms with Crippen LogP contribution in [-0.2, 0) is 0 Å². The quantitative estimate of drug-likeness (QED) is 0.766. The van der Waals surface area contributed by atoms with Gasteiger partial charge in [-0.05, 0) is 45.0 Å². The summed E-state index contributed by atoms with van der Waals surface area (Å²) in [4.78, 5) is 3.72. The van der Waals surface area contributed by atoms with Gasteiger partial charge < -0.3 is 4.90 Å². The van der Waals surface area contributed by atoms with Gasteiger partial charge in [-0.3, -0.25) is 0 Å². The molecule has 100 valence electrons. The zero-order chi connectivity index (χ0) is 12.7. The number of hydrogen-bond acceptors (Lipinski definition) is 2. The van der Waals surface area contributed by atoms with E-state index in [2.05, 4.69) is 44.3 Å². The molecule has 0 fully saturated rings. The Hall–Kier alpha value is -0.830. The van der Waals surface area contributed by atoms with Crippen molar-refractivity contribution in [2.45, 2.75) is 19.9 Å². The minimum absolute atomic E-state index is 0. The van der Waals surface area contributed by atoms with Crippen molar-refractivity contribution in [1.82, 2.24) is 4.90 Å². The van der Waals surface area contributed by atoms with E-state index in [0.717, 1.165) is 0 Å². The first kappa shape index (κ1) is 17.2. The molecule has 0 saturated heterocycles. The average molecular weight is 284 g/mol. The molecule has 0 aliphatic carbocycles. The van der Waals surface area contributed by atoms with Gasteiger partial charge in [-0.15, -0.1) is 23.7 Å². The van der Waals surface area contributed by atoms with Crippen molar-refractivity contribution in [3.8, 4) is 0 Å². The van der Waals surface area contributed by atoms with Crippen LogP contribution in [0.4, 0.5) is 0 Å². The molecule has 1 heterocycles. The molecule has 1 nitrogen and oxygen atoms in total. The van der Waals surface area contributed by atoms with E-state index in [1.54, 1.807) is 0 Å². The summed E-state index contributed by atoms with van der Waals surface area (Å²) in [5, 5.41) is 2.16. The molecule has 0 aliphatic rings. The number of benzene rings is 1. The van der Waals surface area contributed by atoms with Gasteiger partial charge in [0.05, 0.1) is 0 Å². The highest BCUT2D eigenvalue weighted by atomic mass is 35.5. The molecule has 0 radical (unpaired) electrons. The van der Waals surface area contributed by atoms with Crippen molar-refractivity contribution in [2.75, 3.05) is 14.1 Å². The summed E-state index contributed by atoms with van der Waals surface area (Å²) >= 11 is 1.84. The Bertz CT molecular complexity index is 385. The zero-order valence-corrected chi connectivity index (χ0v) is 13.1. The van der Waals surface area contributed by atoms with Crippen LogP contribution in [0.1, 0.15) is 23.4 Å². The number of hydrogen-bond donors (Lipinski definition) is 0. The molecule has 0 amide bonds. The lowest BCUT2D eigenvalue weighted by Gasteiger charge is -2.18. The second-order valence-electron chi connectivity index (χ2n) is 4.26. The van der Waals surface area contributed by atoms with E-state index in [-0.39, 0.29) is 12.4 Å². The van der Waals surface area contributed by atoms with Crippen molar-refractivity contribution in [3.63, 3.8) is 0 Å². The number of rotatable bonds is 2. The van der Waals surface area contributed by atoms with Crippen LogP contribution in [0.25, 0.3) is 0 Å². The van der Waals surface area contributed by atoms with E-state index in [4.69, 9.17) is 0 Å². The van der Waals surface area contributed by atoms with Crippen molar-refractivity contribution >= 4 is 23.7 Å². The molecule has 0 spiro atoms. The highest BCUT2D eigenvalue weighted by molar-refractivity contribution is 7.10. The Morgan fingerprint density at radius 1 is 1.00 bits per heavy atom. The highest BCUT2D eigenvalue weighted by Gasteiger charge is 2.10. The average Bonchev–Trinajstić information content (AvgIpc) is 2.77. The summed E-state index contributed by atoms with van der Waals surface area (Å²) in [6.45, 7) is 4.41. The van der Waals surface area contributed by atoms with Crippen molar-refractivity contribution in [3.05, 3.63) is 58.3 Å². The third kappa shape index (κ3) is 5.67. The number of halogens is 1. The zero-order valence-electron chi connectivity index (χ0n) is 11.5. The SMILES string of the molecule is Cc1ccsc1C(C)N(C)C.Cl.c1ccccc1. The van der Waals surface area contributed by atoms with Gasteiger partial charge in [-0.1, -0.05) is 36.4 Å². The Morgan fingerprint density at radius 2 is 1.44 bits per heavy atom. The van der Waals surface area contributed by atoms with Crippen LogP contribution in [0.15, 0.2) is 47.8 Å². The molecule has 0 saturated carbocycles. The molecule has 18 heavy (non-hydrogen) atoms. The highest BCUT2D eigenvalue weighted by Crippen LogP contribution is 2.26. The van der Waals surface area contributed by atoms with Crippen LogP contribution >= 0.6 is 23.7 Å². The van der Waals surface area contributed by atoms with Crippen LogP contribution in [0.2, 0.25) is 0 Å². The summed E-state index contributed by atoms with van der Waals surface area (Å²) < 4.78 is 0. The summed E-state index contributed by atoms with van der Waals surface area (Å²) in [5.74, 6) is 0. The summed E-state index contributed by atoms with van der Waals surface area (Å²) in [5.41, 5.74) is 1.41. The lowest BCUT2D eigenvalue weighted by atomic mass is 10.2. The van der Waals surface area contributed by atoms with Gasteiger partial charge in [0.1, 0.15) is 0 Å². The van der Waals surface area contributed by atoms with Crippen molar-refractivity contribution in [1.29, 1.82) is 0 Å². The first-order valence-corrected chi connectivity index (χ1v) is 6.71. The van der Waals surface area contributed by atoms with E-state index < -0.39 is 0 Å². The third-order valence-electron chi connectivity index (χ3n) is 2.72. The molecule has 2 rings (SSSR count). The molecule has 1 aromatic carbocycles. The standard InChI is InChI=1S/C9H15NS.C6H6.ClH/c1-7-5-6-11-9(7)8(2)10(3)4;1-2-4-6-5-3-1;/h5-6,8H,1-4H3;1-6H;1H. The van der Waals surface area contributed by atoms with E-state index in [1.165, 1.54) is 10.4 Å². The maximum atomic E-state index is 2.23. The molecule has 1 unspecified atom stereocenters. The number of nitrogens with zero attached hydrogens (tertiary/aromatic N) is 1. The molecule has 0 N–H and O–H groups in total. The van der Waals surface area contributed by atoms with Gasteiger partial charge in [0.25, 0.3) is 0 Å². The third-order valence-corrected chi connectivity index (χ3v) is 3.91. The van der Waals surface area contributed by atoms with E-state index in [0.29, 0.717) is 6.04 Å². The normalized spacial score (nSPS) is 11.2. The van der Waals surface area contributed by atoms with Crippen molar-refractivity contribution < 1.29 is 0 Å². The maximum absolute atomic E-state index is 2.23. The summed E-state index contributed by atoms with van der Waals surface area (Å²) in [7, 11) is 4.23. The molecule has 0 aliphatic heterocycles. The van der Waals surface area contributed by atoms with Crippen LogP contribution in [-0.4, -0.2) is 19.0 Å². The minimum atomic E-state index is 0. The molecule has 1 atom stereocenters. The van der Waals surface area contributed by atoms with Gasteiger partial charge in [-0.25, -0.2) is 0 Å². The number of thiophene rings is 1. The van der Waals surface area contributed by atoms with E-state index in [1.807, 2.05) is 47.7 Å². The van der Waals surface area contributed by atoms with E-state index >= 15 is 0 Å². The maximum Gasteiger partial charge on any atom is 0.0409 e. The van der Waals surface area contributed by atoms with Crippen LogP contribution in [0.3, 0.4) is 0 Å².